The molecule has 1 amide bonds. The molecule has 0 saturated heterocycles. The minimum Gasteiger partial charge on any atom is -0.325 e. The number of fused-ring (bicyclic) bond motifs is 1. The predicted molar refractivity (Wildman–Crippen MR) is 81.3 cm³/mol. The van der Waals surface area contributed by atoms with Crippen LogP contribution in [0.3, 0.4) is 0 Å². The van der Waals surface area contributed by atoms with Crippen LogP contribution in [0.2, 0.25) is 0 Å². The first-order valence-corrected chi connectivity index (χ1v) is 8.06. The van der Waals surface area contributed by atoms with Gasteiger partial charge in [0.2, 0.25) is 5.91 Å². The van der Waals surface area contributed by atoms with Gasteiger partial charge in [-0.25, -0.2) is 0 Å². The van der Waals surface area contributed by atoms with Crippen LogP contribution in [-0.4, -0.2) is 5.91 Å². The Labute approximate surface area is 123 Å². The van der Waals surface area contributed by atoms with Crippen LogP contribution in [0.1, 0.15) is 50.5 Å². The number of halogens is 1. The summed E-state index contributed by atoms with van der Waals surface area (Å²) in [6.07, 6.45) is 6.59. The van der Waals surface area contributed by atoms with Crippen LogP contribution >= 0.6 is 15.9 Å². The molecule has 1 aliphatic heterocycles. The van der Waals surface area contributed by atoms with Gasteiger partial charge in [0, 0.05) is 10.2 Å². The summed E-state index contributed by atoms with van der Waals surface area (Å²) in [5.41, 5.74) is 2.18. The number of amides is 1. The molecule has 1 aliphatic carbocycles. The fourth-order valence-corrected chi connectivity index (χ4v) is 4.09. The predicted octanol–water partition coefficient (Wildman–Crippen LogP) is 4.70. The van der Waals surface area contributed by atoms with Crippen molar-refractivity contribution in [1.82, 2.24) is 0 Å². The van der Waals surface area contributed by atoms with Crippen LogP contribution in [0.4, 0.5) is 5.69 Å². The quantitative estimate of drug-likeness (QED) is 0.840. The van der Waals surface area contributed by atoms with Gasteiger partial charge in [-0.15, -0.1) is 0 Å². The molecule has 0 radical (unpaired) electrons. The molecule has 2 aliphatic rings. The fourth-order valence-electron chi connectivity index (χ4n) is 3.71. The zero-order valence-corrected chi connectivity index (χ0v) is 12.9. The van der Waals surface area contributed by atoms with Crippen LogP contribution in [0.15, 0.2) is 22.7 Å². The van der Waals surface area contributed by atoms with E-state index in [0.717, 1.165) is 10.2 Å². The van der Waals surface area contributed by atoms with Gasteiger partial charge in [-0.2, -0.15) is 0 Å². The average molecular weight is 322 g/mol. The molecule has 2 atom stereocenters. The summed E-state index contributed by atoms with van der Waals surface area (Å²) in [5, 5.41) is 3.03. The second kappa shape index (κ2) is 5.28. The lowest BCUT2D eigenvalue weighted by Gasteiger charge is -2.30. The largest absolute Gasteiger partial charge is 0.325 e. The summed E-state index contributed by atoms with van der Waals surface area (Å²) < 4.78 is 1.06. The molecule has 3 rings (SSSR count). The Morgan fingerprint density at radius 1 is 1.26 bits per heavy atom. The summed E-state index contributed by atoms with van der Waals surface area (Å²) in [6.45, 7) is 2.26. The average Bonchev–Trinajstić information content (AvgIpc) is 2.74. The molecule has 1 aromatic carbocycles. The van der Waals surface area contributed by atoms with E-state index in [2.05, 4.69) is 34.2 Å². The van der Waals surface area contributed by atoms with E-state index in [9.17, 15) is 4.79 Å². The van der Waals surface area contributed by atoms with E-state index in [1.54, 1.807) is 0 Å². The molecular formula is C16H20BrNO. The maximum Gasteiger partial charge on any atom is 0.232 e. The summed E-state index contributed by atoms with van der Waals surface area (Å²) in [7, 11) is 0. The molecule has 2 nitrogen and oxygen atoms in total. The molecule has 1 saturated carbocycles. The molecule has 0 bridgehead atoms. The Balaban J connectivity index is 1.88. The molecule has 1 heterocycles. The molecule has 1 aromatic rings. The minimum absolute atomic E-state index is 0.0376. The topological polar surface area (TPSA) is 29.1 Å². The van der Waals surface area contributed by atoms with Crippen molar-refractivity contribution in [2.24, 2.45) is 11.8 Å². The maximum atomic E-state index is 12.3. The zero-order valence-electron chi connectivity index (χ0n) is 11.3. The van der Waals surface area contributed by atoms with Crippen molar-refractivity contribution in [2.45, 2.75) is 44.9 Å². The number of carbonyl (C=O) groups excluding carboxylic acids is 1. The van der Waals surface area contributed by atoms with Crippen LogP contribution in [0, 0.1) is 11.8 Å². The highest BCUT2D eigenvalue weighted by Crippen LogP contribution is 2.44. The molecule has 0 aromatic heterocycles. The van der Waals surface area contributed by atoms with Crippen molar-refractivity contribution in [3.63, 3.8) is 0 Å². The first-order chi connectivity index (χ1) is 9.16. The normalized spacial score (nSPS) is 24.9. The fraction of sp³-hybridized carbons (Fsp3) is 0.562. The third-order valence-corrected chi connectivity index (χ3v) is 5.30. The Morgan fingerprint density at radius 2 is 2.00 bits per heavy atom. The van der Waals surface area contributed by atoms with Gasteiger partial charge in [0.15, 0.2) is 0 Å². The Morgan fingerprint density at radius 3 is 2.74 bits per heavy atom. The molecule has 1 fully saturated rings. The Kier molecular flexibility index (Phi) is 3.66. The van der Waals surface area contributed by atoms with Crippen LogP contribution in [0.5, 0.6) is 0 Å². The van der Waals surface area contributed by atoms with E-state index in [1.807, 2.05) is 12.1 Å². The standard InChI is InChI=1S/C16H20BrNO/c1-10(11-5-3-2-4-6-11)15-13-9-12(17)7-8-14(13)18-16(15)19/h7-11,15H,2-6H2,1H3,(H,18,19). The van der Waals surface area contributed by atoms with Gasteiger partial charge in [-0.3, -0.25) is 4.79 Å². The van der Waals surface area contributed by atoms with Crippen molar-refractivity contribution in [3.05, 3.63) is 28.2 Å². The third-order valence-electron chi connectivity index (χ3n) is 4.81. The van der Waals surface area contributed by atoms with Crippen LogP contribution < -0.4 is 5.32 Å². The number of hydrogen-bond acceptors (Lipinski definition) is 1. The molecule has 3 heteroatoms. The lowest BCUT2D eigenvalue weighted by molar-refractivity contribution is -0.118. The Hall–Kier alpha value is -0.830. The van der Waals surface area contributed by atoms with Gasteiger partial charge in [-0.05, 0) is 35.6 Å². The number of carbonyl (C=O) groups is 1. The van der Waals surface area contributed by atoms with Crippen LogP contribution in [-0.2, 0) is 4.79 Å². The highest BCUT2D eigenvalue weighted by molar-refractivity contribution is 9.10. The van der Waals surface area contributed by atoms with E-state index < -0.39 is 0 Å². The van der Waals surface area contributed by atoms with Crippen molar-refractivity contribution < 1.29 is 4.79 Å². The van der Waals surface area contributed by atoms with E-state index in [4.69, 9.17) is 0 Å². The smallest absolute Gasteiger partial charge is 0.232 e. The number of anilines is 1. The third kappa shape index (κ3) is 2.45. The minimum atomic E-state index is 0.0376. The number of nitrogens with one attached hydrogen (secondary N) is 1. The number of hydrogen-bond donors (Lipinski definition) is 1. The van der Waals surface area contributed by atoms with Gasteiger partial charge in [0.25, 0.3) is 0 Å². The monoisotopic (exact) mass is 321 g/mol. The van der Waals surface area contributed by atoms with E-state index in [-0.39, 0.29) is 11.8 Å². The maximum absolute atomic E-state index is 12.3. The van der Waals surface area contributed by atoms with Gasteiger partial charge in [-0.1, -0.05) is 55.0 Å². The molecule has 2 unspecified atom stereocenters. The molecule has 1 N–H and O–H groups in total. The van der Waals surface area contributed by atoms with Crippen molar-refractivity contribution in [3.8, 4) is 0 Å². The summed E-state index contributed by atoms with van der Waals surface area (Å²) in [5.74, 6) is 1.37. The molecule has 19 heavy (non-hydrogen) atoms. The van der Waals surface area contributed by atoms with Gasteiger partial charge in [0.05, 0.1) is 5.92 Å². The highest BCUT2D eigenvalue weighted by Gasteiger charge is 2.38. The second-order valence-electron chi connectivity index (χ2n) is 5.96. The first kappa shape index (κ1) is 13.2. The van der Waals surface area contributed by atoms with Gasteiger partial charge < -0.3 is 5.32 Å². The number of rotatable bonds is 2. The molecular weight excluding hydrogens is 302 g/mol. The Bertz CT molecular complexity index is 494. The van der Waals surface area contributed by atoms with E-state index in [0.29, 0.717) is 11.8 Å². The van der Waals surface area contributed by atoms with E-state index >= 15 is 0 Å². The molecule has 102 valence electrons. The summed E-state index contributed by atoms with van der Waals surface area (Å²) in [6, 6.07) is 6.11. The second-order valence-corrected chi connectivity index (χ2v) is 6.87. The first-order valence-electron chi connectivity index (χ1n) is 7.27. The molecule has 0 spiro atoms. The SMILES string of the molecule is CC(C1CCCCC1)C1C(=O)Nc2ccc(Br)cc21. The zero-order chi connectivity index (χ0) is 13.4. The van der Waals surface area contributed by atoms with Crippen molar-refractivity contribution in [1.29, 1.82) is 0 Å². The highest BCUT2D eigenvalue weighted by atomic mass is 79.9. The van der Waals surface area contributed by atoms with Gasteiger partial charge in [0.1, 0.15) is 0 Å². The van der Waals surface area contributed by atoms with Crippen LogP contribution in [0.25, 0.3) is 0 Å². The van der Waals surface area contributed by atoms with Gasteiger partial charge >= 0.3 is 0 Å². The van der Waals surface area contributed by atoms with Crippen molar-refractivity contribution >= 4 is 27.5 Å². The lowest BCUT2D eigenvalue weighted by atomic mass is 9.73. The summed E-state index contributed by atoms with van der Waals surface area (Å²) >= 11 is 3.52. The van der Waals surface area contributed by atoms with E-state index in [1.165, 1.54) is 37.7 Å². The lowest BCUT2D eigenvalue weighted by Crippen LogP contribution is -2.26. The number of benzene rings is 1. The van der Waals surface area contributed by atoms with Crippen molar-refractivity contribution in [2.75, 3.05) is 5.32 Å². The summed E-state index contributed by atoms with van der Waals surface area (Å²) in [4.78, 5) is 12.3.